The van der Waals surface area contributed by atoms with Crippen molar-refractivity contribution in [2.24, 2.45) is 10.9 Å². The van der Waals surface area contributed by atoms with Crippen molar-refractivity contribution in [2.45, 2.75) is 6.54 Å². The molecule has 5 N–H and O–H groups in total. The molecule has 0 saturated carbocycles. The lowest BCUT2D eigenvalue weighted by Gasteiger charge is -2.00. The van der Waals surface area contributed by atoms with E-state index in [0.29, 0.717) is 9.90 Å². The minimum Gasteiger partial charge on any atom is -0.326 e. The van der Waals surface area contributed by atoms with Crippen LogP contribution in [0.3, 0.4) is 0 Å². The first-order valence-corrected chi connectivity index (χ1v) is 6.01. The fraction of sp³-hybridized carbons (Fsp3) is 0.200. The molecule has 1 rings (SSSR count). The number of nitrogens with one attached hydrogen (secondary N) is 1. The first kappa shape index (κ1) is 13.9. The molecule has 0 fully saturated rings. The summed E-state index contributed by atoms with van der Waals surface area (Å²) < 4.78 is 23.3. The van der Waals surface area contributed by atoms with Crippen LogP contribution in [-0.2, 0) is 16.8 Å². The first-order valence-electron chi connectivity index (χ1n) is 3.20. The number of hydrogen-bond donors (Lipinski definition) is 3. The molecule has 0 radical (unpaired) electrons. The van der Waals surface area contributed by atoms with E-state index in [1.54, 1.807) is 5.38 Å². The fourth-order valence-corrected chi connectivity index (χ4v) is 2.47. The van der Waals surface area contributed by atoms with Gasteiger partial charge in [-0.15, -0.1) is 23.7 Å². The second kappa shape index (κ2) is 5.15. The molecule has 0 aliphatic rings. The summed E-state index contributed by atoms with van der Waals surface area (Å²) in [6, 6.07) is 0. The van der Waals surface area contributed by atoms with Gasteiger partial charge in [0.15, 0.2) is 0 Å². The van der Waals surface area contributed by atoms with E-state index in [1.165, 1.54) is 11.3 Å². The maximum Gasteiger partial charge on any atom is 0.296 e. The SMILES string of the molecule is Cl.NCc1scc(NS(N)(=O)=O)c1Cl. The van der Waals surface area contributed by atoms with Crippen molar-refractivity contribution in [1.82, 2.24) is 0 Å². The third-order valence-corrected chi connectivity index (χ3v) is 3.29. The summed E-state index contributed by atoms with van der Waals surface area (Å²) in [7, 11) is -3.76. The van der Waals surface area contributed by atoms with Gasteiger partial charge in [-0.1, -0.05) is 11.6 Å². The molecule has 0 aromatic carbocycles. The molecule has 0 aliphatic carbocycles. The largest absolute Gasteiger partial charge is 0.326 e. The molecule has 0 bridgehead atoms. The lowest BCUT2D eigenvalue weighted by Crippen LogP contribution is -2.21. The van der Waals surface area contributed by atoms with E-state index in [4.69, 9.17) is 22.5 Å². The van der Waals surface area contributed by atoms with Gasteiger partial charge in [-0.05, 0) is 0 Å². The van der Waals surface area contributed by atoms with E-state index < -0.39 is 10.2 Å². The molecule has 1 aromatic heterocycles. The van der Waals surface area contributed by atoms with Gasteiger partial charge in [-0.2, -0.15) is 8.42 Å². The van der Waals surface area contributed by atoms with E-state index in [-0.39, 0.29) is 24.6 Å². The molecule has 0 atom stereocenters. The zero-order valence-electron chi connectivity index (χ0n) is 6.86. The highest BCUT2D eigenvalue weighted by Crippen LogP contribution is 2.32. The molecular weight excluding hydrogens is 269 g/mol. The molecule has 1 aromatic rings. The van der Waals surface area contributed by atoms with Crippen molar-refractivity contribution >= 4 is 51.2 Å². The normalized spacial score (nSPS) is 10.8. The molecule has 14 heavy (non-hydrogen) atoms. The van der Waals surface area contributed by atoms with Crippen LogP contribution < -0.4 is 15.6 Å². The smallest absolute Gasteiger partial charge is 0.296 e. The predicted molar refractivity (Wildman–Crippen MR) is 61.2 cm³/mol. The maximum absolute atomic E-state index is 10.6. The van der Waals surface area contributed by atoms with E-state index in [0.717, 1.165) is 0 Å². The highest BCUT2D eigenvalue weighted by atomic mass is 35.5. The molecule has 0 spiro atoms. The minimum atomic E-state index is -3.76. The van der Waals surface area contributed by atoms with Gasteiger partial charge in [0.25, 0.3) is 10.2 Å². The molecule has 0 saturated heterocycles. The van der Waals surface area contributed by atoms with Crippen LogP contribution in [0.4, 0.5) is 5.69 Å². The quantitative estimate of drug-likeness (QED) is 0.766. The summed E-state index contributed by atoms with van der Waals surface area (Å²) in [5.41, 5.74) is 5.62. The van der Waals surface area contributed by atoms with Gasteiger partial charge in [0.1, 0.15) is 0 Å². The molecule has 9 heteroatoms. The zero-order chi connectivity index (χ0) is 10.1. The Balaban J connectivity index is 0.00000169. The summed E-state index contributed by atoms with van der Waals surface area (Å²) in [6.45, 7) is 0.274. The van der Waals surface area contributed by atoms with Crippen molar-refractivity contribution in [3.8, 4) is 0 Å². The lowest BCUT2D eigenvalue weighted by molar-refractivity contribution is 0.603. The standard InChI is InChI=1S/C5H8ClN3O2S2.ClH/c6-5-3(9-13(8,10)11)2-12-4(5)1-7;/h2,9H,1,7H2,(H2,8,10,11);1H. The molecule has 1 heterocycles. The predicted octanol–water partition coefficient (Wildman–Crippen LogP) is 0.897. The van der Waals surface area contributed by atoms with Crippen LogP contribution in [-0.4, -0.2) is 8.42 Å². The van der Waals surface area contributed by atoms with Gasteiger partial charge in [-0.25, -0.2) is 5.14 Å². The van der Waals surface area contributed by atoms with Gasteiger partial charge in [0, 0.05) is 16.8 Å². The number of rotatable bonds is 3. The average molecular weight is 278 g/mol. The second-order valence-electron chi connectivity index (χ2n) is 2.24. The number of halogens is 2. The summed E-state index contributed by atoms with van der Waals surface area (Å²) in [6.07, 6.45) is 0. The van der Waals surface area contributed by atoms with Crippen LogP contribution in [0.5, 0.6) is 0 Å². The third-order valence-electron chi connectivity index (χ3n) is 1.24. The summed E-state index contributed by atoms with van der Waals surface area (Å²) in [5, 5.41) is 6.62. The number of anilines is 1. The van der Waals surface area contributed by atoms with E-state index in [2.05, 4.69) is 4.72 Å². The highest BCUT2D eigenvalue weighted by Gasteiger charge is 2.11. The van der Waals surface area contributed by atoms with Gasteiger partial charge in [0.2, 0.25) is 0 Å². The molecular formula is C5H9Cl2N3O2S2. The Bertz CT molecular complexity index is 403. The topological polar surface area (TPSA) is 98.2 Å². The fourth-order valence-electron chi connectivity index (χ4n) is 0.744. The monoisotopic (exact) mass is 277 g/mol. The summed E-state index contributed by atoms with van der Waals surface area (Å²) in [5.74, 6) is 0. The van der Waals surface area contributed by atoms with Crippen LogP contribution >= 0.6 is 35.3 Å². The minimum absolute atomic E-state index is 0. The van der Waals surface area contributed by atoms with Crippen molar-refractivity contribution < 1.29 is 8.42 Å². The zero-order valence-corrected chi connectivity index (χ0v) is 10.1. The molecule has 82 valence electrons. The first-order chi connectivity index (χ1) is 5.94. The van der Waals surface area contributed by atoms with E-state index >= 15 is 0 Å². The molecule has 0 aliphatic heterocycles. The third kappa shape index (κ3) is 3.60. The van der Waals surface area contributed by atoms with Crippen molar-refractivity contribution in [2.75, 3.05) is 4.72 Å². The number of nitrogens with two attached hydrogens (primary N) is 2. The Hall–Kier alpha value is -0.0500. The van der Waals surface area contributed by atoms with Crippen molar-refractivity contribution in [3.63, 3.8) is 0 Å². The maximum atomic E-state index is 10.6. The van der Waals surface area contributed by atoms with E-state index in [9.17, 15) is 8.42 Å². The van der Waals surface area contributed by atoms with Crippen molar-refractivity contribution in [3.05, 3.63) is 15.3 Å². The van der Waals surface area contributed by atoms with Crippen LogP contribution in [0.1, 0.15) is 4.88 Å². The van der Waals surface area contributed by atoms with Crippen LogP contribution in [0, 0.1) is 0 Å². The summed E-state index contributed by atoms with van der Waals surface area (Å²) in [4.78, 5) is 0.716. The lowest BCUT2D eigenvalue weighted by atomic mass is 10.4. The van der Waals surface area contributed by atoms with Gasteiger partial charge >= 0.3 is 0 Å². The van der Waals surface area contributed by atoms with Gasteiger partial charge in [-0.3, -0.25) is 4.72 Å². The average Bonchev–Trinajstić information content (AvgIpc) is 2.30. The number of thiophene rings is 1. The Kier molecular flexibility index (Phi) is 5.13. The molecule has 0 amide bonds. The van der Waals surface area contributed by atoms with Crippen molar-refractivity contribution in [1.29, 1.82) is 0 Å². The Morgan fingerprint density at radius 1 is 1.57 bits per heavy atom. The summed E-state index contributed by atoms with van der Waals surface area (Å²) >= 11 is 7.06. The van der Waals surface area contributed by atoms with Crippen LogP contribution in [0.25, 0.3) is 0 Å². The Labute approximate surface area is 97.0 Å². The molecule has 5 nitrogen and oxygen atoms in total. The molecule has 0 unspecified atom stereocenters. The van der Waals surface area contributed by atoms with Gasteiger partial charge in [0.05, 0.1) is 10.7 Å². The Morgan fingerprint density at radius 2 is 2.14 bits per heavy atom. The van der Waals surface area contributed by atoms with Gasteiger partial charge < -0.3 is 5.73 Å². The van der Waals surface area contributed by atoms with Crippen LogP contribution in [0.15, 0.2) is 5.38 Å². The number of hydrogen-bond acceptors (Lipinski definition) is 4. The highest BCUT2D eigenvalue weighted by molar-refractivity contribution is 7.90. The van der Waals surface area contributed by atoms with E-state index in [1.807, 2.05) is 0 Å². The van der Waals surface area contributed by atoms with Crippen LogP contribution in [0.2, 0.25) is 5.02 Å². The second-order valence-corrected chi connectivity index (χ2v) is 4.87. The Morgan fingerprint density at radius 3 is 2.50 bits per heavy atom.